The molecule has 0 unspecified atom stereocenters. The van der Waals surface area contributed by atoms with Crippen molar-refractivity contribution in [3.63, 3.8) is 0 Å². The second-order valence-electron chi connectivity index (χ2n) is 5.85. The van der Waals surface area contributed by atoms with Gasteiger partial charge in [0.2, 0.25) is 5.91 Å². The van der Waals surface area contributed by atoms with Gasteiger partial charge in [0.1, 0.15) is 0 Å². The average molecular weight is 343 g/mol. The van der Waals surface area contributed by atoms with Gasteiger partial charge >= 0.3 is 5.97 Å². The van der Waals surface area contributed by atoms with Crippen LogP contribution in [0.25, 0.3) is 0 Å². The lowest BCUT2D eigenvalue weighted by Gasteiger charge is -2.22. The Morgan fingerprint density at radius 2 is 1.96 bits per heavy atom. The van der Waals surface area contributed by atoms with E-state index in [1.165, 1.54) is 7.11 Å². The molecule has 1 aromatic carbocycles. The number of rotatable bonds is 10. The first-order valence-electron chi connectivity index (χ1n) is 8.53. The van der Waals surface area contributed by atoms with Crippen LogP contribution in [0.5, 0.6) is 0 Å². The Kier molecular flexibility index (Phi) is 7.69. The summed E-state index contributed by atoms with van der Waals surface area (Å²) >= 11 is 0. The topological polar surface area (TPSA) is 64.4 Å². The van der Waals surface area contributed by atoms with Gasteiger partial charge in [-0.2, -0.15) is 0 Å². The summed E-state index contributed by atoms with van der Waals surface area (Å²) in [6, 6.07) is 9.94. The van der Waals surface area contributed by atoms with Crippen LogP contribution in [0.3, 0.4) is 0 Å². The maximum absolute atomic E-state index is 12.6. The number of carbonyl (C=O) groups excluding carboxylic acids is 2. The molecule has 2 aromatic rings. The molecule has 0 atom stereocenters. The Balaban J connectivity index is 1.84. The van der Waals surface area contributed by atoms with E-state index in [1.807, 2.05) is 41.1 Å². The first kappa shape index (κ1) is 18.7. The number of amides is 1. The highest BCUT2D eigenvalue weighted by Gasteiger charge is 2.15. The molecule has 1 aromatic heterocycles. The molecule has 1 amide bonds. The molecule has 0 N–H and O–H groups in total. The minimum atomic E-state index is -0.296. The van der Waals surface area contributed by atoms with E-state index in [-0.39, 0.29) is 18.3 Å². The van der Waals surface area contributed by atoms with Gasteiger partial charge < -0.3 is 14.2 Å². The number of imidazole rings is 1. The summed E-state index contributed by atoms with van der Waals surface area (Å²) in [5.74, 6) is -0.228. The number of aryl methyl sites for hydroxylation is 2. The Labute approximate surface area is 148 Å². The van der Waals surface area contributed by atoms with Gasteiger partial charge in [0.15, 0.2) is 0 Å². The lowest BCUT2D eigenvalue weighted by atomic mass is 10.1. The lowest BCUT2D eigenvalue weighted by Crippen LogP contribution is -2.34. The van der Waals surface area contributed by atoms with E-state index in [1.54, 1.807) is 17.4 Å². The van der Waals surface area contributed by atoms with Gasteiger partial charge in [-0.15, -0.1) is 0 Å². The average Bonchev–Trinajstić information content (AvgIpc) is 3.16. The summed E-state index contributed by atoms with van der Waals surface area (Å²) in [6.07, 6.45) is 7.57. The second kappa shape index (κ2) is 10.3. The third-order valence-corrected chi connectivity index (χ3v) is 4.04. The van der Waals surface area contributed by atoms with E-state index in [2.05, 4.69) is 9.72 Å². The van der Waals surface area contributed by atoms with Gasteiger partial charge in [-0.25, -0.2) is 4.98 Å². The number of methoxy groups -OCH3 is 1. The second-order valence-corrected chi connectivity index (χ2v) is 5.85. The van der Waals surface area contributed by atoms with Crippen molar-refractivity contribution >= 4 is 11.9 Å². The largest absolute Gasteiger partial charge is 0.469 e. The van der Waals surface area contributed by atoms with Crippen LogP contribution in [0.4, 0.5) is 0 Å². The number of hydrogen-bond donors (Lipinski definition) is 0. The minimum Gasteiger partial charge on any atom is -0.469 e. The van der Waals surface area contributed by atoms with Crippen LogP contribution in [-0.2, 0) is 27.3 Å². The van der Waals surface area contributed by atoms with Crippen LogP contribution in [0.1, 0.15) is 24.8 Å². The van der Waals surface area contributed by atoms with E-state index in [9.17, 15) is 9.59 Å². The van der Waals surface area contributed by atoms with E-state index >= 15 is 0 Å². The number of ether oxygens (including phenoxy) is 1. The molecule has 6 heteroatoms. The lowest BCUT2D eigenvalue weighted by molar-refractivity contribution is -0.141. The van der Waals surface area contributed by atoms with Crippen LogP contribution in [0, 0.1) is 0 Å². The smallest absolute Gasteiger partial charge is 0.307 e. The monoisotopic (exact) mass is 343 g/mol. The van der Waals surface area contributed by atoms with Crippen molar-refractivity contribution in [3.8, 4) is 0 Å². The SMILES string of the molecule is COC(=O)CCN(CCCn1ccnc1)C(=O)CCc1ccccc1. The van der Waals surface area contributed by atoms with Crippen molar-refractivity contribution in [3.05, 3.63) is 54.6 Å². The van der Waals surface area contributed by atoms with Crippen LogP contribution >= 0.6 is 0 Å². The Bertz CT molecular complexity index is 641. The molecule has 0 fully saturated rings. The Hall–Kier alpha value is -2.63. The third-order valence-electron chi connectivity index (χ3n) is 4.04. The van der Waals surface area contributed by atoms with Gasteiger partial charge in [0.05, 0.1) is 19.9 Å². The van der Waals surface area contributed by atoms with Crippen molar-refractivity contribution in [2.24, 2.45) is 0 Å². The number of benzene rings is 1. The van der Waals surface area contributed by atoms with Crippen LogP contribution < -0.4 is 0 Å². The minimum absolute atomic E-state index is 0.0680. The molecule has 134 valence electrons. The molecule has 0 bridgehead atoms. The van der Waals surface area contributed by atoms with Gasteiger partial charge in [-0.05, 0) is 18.4 Å². The predicted molar refractivity (Wildman–Crippen MR) is 94.8 cm³/mol. The maximum atomic E-state index is 12.6. The third kappa shape index (κ3) is 6.79. The van der Waals surface area contributed by atoms with Gasteiger partial charge in [-0.3, -0.25) is 9.59 Å². The molecule has 0 spiro atoms. The number of esters is 1. The molecule has 0 saturated heterocycles. The van der Waals surface area contributed by atoms with Gasteiger partial charge in [0.25, 0.3) is 0 Å². The number of hydrogen-bond acceptors (Lipinski definition) is 4. The molecular weight excluding hydrogens is 318 g/mol. The van der Waals surface area contributed by atoms with Crippen molar-refractivity contribution < 1.29 is 14.3 Å². The van der Waals surface area contributed by atoms with E-state index < -0.39 is 0 Å². The molecule has 6 nitrogen and oxygen atoms in total. The molecule has 2 rings (SSSR count). The Morgan fingerprint density at radius 3 is 2.64 bits per heavy atom. The fourth-order valence-corrected chi connectivity index (χ4v) is 2.61. The van der Waals surface area contributed by atoms with Crippen LogP contribution in [0.15, 0.2) is 49.1 Å². The quantitative estimate of drug-likeness (QED) is 0.621. The maximum Gasteiger partial charge on any atom is 0.307 e. The highest BCUT2D eigenvalue weighted by atomic mass is 16.5. The Morgan fingerprint density at radius 1 is 1.16 bits per heavy atom. The van der Waals surface area contributed by atoms with Crippen molar-refractivity contribution in [1.29, 1.82) is 0 Å². The first-order chi connectivity index (χ1) is 12.2. The summed E-state index contributed by atoms with van der Waals surface area (Å²) in [4.78, 5) is 29.7. The fraction of sp³-hybridized carbons (Fsp3) is 0.421. The zero-order chi connectivity index (χ0) is 17.9. The number of aromatic nitrogens is 2. The molecule has 0 aliphatic heterocycles. The first-order valence-corrected chi connectivity index (χ1v) is 8.53. The molecule has 25 heavy (non-hydrogen) atoms. The molecular formula is C19H25N3O3. The summed E-state index contributed by atoms with van der Waals surface area (Å²) in [5, 5.41) is 0. The van der Waals surface area contributed by atoms with Crippen molar-refractivity contribution in [2.45, 2.75) is 32.2 Å². The summed E-state index contributed by atoms with van der Waals surface area (Å²) in [7, 11) is 1.36. The van der Waals surface area contributed by atoms with Crippen molar-refractivity contribution in [1.82, 2.24) is 14.5 Å². The predicted octanol–water partition coefficient (Wildman–Crippen LogP) is 2.30. The summed E-state index contributed by atoms with van der Waals surface area (Å²) < 4.78 is 6.66. The van der Waals surface area contributed by atoms with Crippen molar-refractivity contribution in [2.75, 3.05) is 20.2 Å². The highest BCUT2D eigenvalue weighted by Crippen LogP contribution is 2.07. The normalized spacial score (nSPS) is 10.4. The van der Waals surface area contributed by atoms with E-state index in [0.29, 0.717) is 25.9 Å². The summed E-state index contributed by atoms with van der Waals surface area (Å²) in [6.45, 7) is 1.80. The molecule has 0 saturated carbocycles. The van der Waals surface area contributed by atoms with E-state index in [4.69, 9.17) is 0 Å². The zero-order valence-corrected chi connectivity index (χ0v) is 14.6. The zero-order valence-electron chi connectivity index (χ0n) is 14.6. The highest BCUT2D eigenvalue weighted by molar-refractivity contribution is 5.77. The fourth-order valence-electron chi connectivity index (χ4n) is 2.61. The molecule has 1 heterocycles. The standard InChI is InChI=1S/C19H25N3O3/c1-25-19(24)10-14-22(13-5-12-21-15-11-20-16-21)18(23)9-8-17-6-3-2-4-7-17/h2-4,6-7,11,15-16H,5,8-10,12-14H2,1H3. The van der Waals surface area contributed by atoms with Crippen LogP contribution in [-0.4, -0.2) is 46.5 Å². The van der Waals surface area contributed by atoms with Gasteiger partial charge in [-0.1, -0.05) is 30.3 Å². The van der Waals surface area contributed by atoms with Gasteiger partial charge in [0, 0.05) is 38.4 Å². The molecule has 0 aliphatic rings. The molecule has 0 aliphatic carbocycles. The molecule has 0 radical (unpaired) electrons. The summed E-state index contributed by atoms with van der Waals surface area (Å²) in [5.41, 5.74) is 1.14. The number of nitrogens with zero attached hydrogens (tertiary/aromatic N) is 3. The van der Waals surface area contributed by atoms with Crippen LogP contribution in [0.2, 0.25) is 0 Å². The number of carbonyl (C=O) groups is 2. The van der Waals surface area contributed by atoms with E-state index in [0.717, 1.165) is 18.5 Å².